The van der Waals surface area contributed by atoms with Crippen molar-refractivity contribution in [1.82, 2.24) is 20.5 Å². The Labute approximate surface area is 150 Å². The molecule has 2 aromatic rings. The van der Waals surface area contributed by atoms with Crippen LogP contribution in [0.15, 0.2) is 23.0 Å². The molecule has 1 aromatic carbocycles. The summed E-state index contributed by atoms with van der Waals surface area (Å²) in [6, 6.07) is 6.68. The molecule has 2 heterocycles. The van der Waals surface area contributed by atoms with Gasteiger partial charge in [0.05, 0.1) is 6.54 Å². The summed E-state index contributed by atoms with van der Waals surface area (Å²) < 4.78 is 0. The number of nitrogens with one attached hydrogen (secondary N) is 3. The third-order valence-corrected chi connectivity index (χ3v) is 4.53. The minimum absolute atomic E-state index is 0.250. The van der Waals surface area contributed by atoms with Crippen molar-refractivity contribution in [3.63, 3.8) is 0 Å². The smallest absolute Gasteiger partial charge is 0.340 e. The van der Waals surface area contributed by atoms with E-state index in [2.05, 4.69) is 37.5 Å². The quantitative estimate of drug-likeness (QED) is 0.609. The second kappa shape index (κ2) is 9.24. The number of anilines is 1. The highest BCUT2D eigenvalue weighted by Gasteiger charge is 2.19. The summed E-state index contributed by atoms with van der Waals surface area (Å²) in [5.74, 6) is 0.651. The predicted molar refractivity (Wildman–Crippen MR) is 96.2 cm³/mol. The first-order chi connectivity index (χ1) is 12.0. The van der Waals surface area contributed by atoms with E-state index >= 15 is 0 Å². The van der Waals surface area contributed by atoms with Crippen LogP contribution in [0.4, 0.5) is 5.69 Å². The molecule has 0 aliphatic carbocycles. The first kappa shape index (κ1) is 19.0. The van der Waals surface area contributed by atoms with Gasteiger partial charge in [0.15, 0.2) is 0 Å². The SMILES string of the molecule is Cc1ccc(N2CCC(NCc3n[nH]c(=O)[nH]3)CC2)cc1Cl.O=CO. The van der Waals surface area contributed by atoms with Crippen LogP contribution in [-0.2, 0) is 11.3 Å². The van der Waals surface area contributed by atoms with Crippen LogP contribution in [0.1, 0.15) is 24.2 Å². The van der Waals surface area contributed by atoms with Crippen LogP contribution >= 0.6 is 11.6 Å². The van der Waals surface area contributed by atoms with E-state index in [1.165, 1.54) is 5.69 Å². The molecule has 0 atom stereocenters. The van der Waals surface area contributed by atoms with E-state index in [0.717, 1.165) is 36.5 Å². The third-order valence-electron chi connectivity index (χ3n) is 4.12. The Morgan fingerprint density at radius 1 is 1.44 bits per heavy atom. The highest BCUT2D eigenvalue weighted by atomic mass is 35.5. The molecule has 1 aliphatic heterocycles. The van der Waals surface area contributed by atoms with Crippen LogP contribution in [0.5, 0.6) is 0 Å². The summed E-state index contributed by atoms with van der Waals surface area (Å²) >= 11 is 6.20. The first-order valence-electron chi connectivity index (χ1n) is 7.99. The maximum absolute atomic E-state index is 11.0. The lowest BCUT2D eigenvalue weighted by Crippen LogP contribution is -2.42. The average molecular weight is 368 g/mol. The molecule has 0 saturated carbocycles. The molecule has 9 heteroatoms. The molecular weight excluding hydrogens is 346 g/mol. The van der Waals surface area contributed by atoms with Crippen molar-refractivity contribution in [1.29, 1.82) is 0 Å². The van der Waals surface area contributed by atoms with Crippen molar-refractivity contribution >= 4 is 23.8 Å². The van der Waals surface area contributed by atoms with Crippen molar-refractivity contribution < 1.29 is 9.90 Å². The number of piperidine rings is 1. The number of nitrogens with zero attached hydrogens (tertiary/aromatic N) is 2. The lowest BCUT2D eigenvalue weighted by Gasteiger charge is -2.34. The van der Waals surface area contributed by atoms with Gasteiger partial charge < -0.3 is 15.3 Å². The van der Waals surface area contributed by atoms with Crippen LogP contribution in [0, 0.1) is 6.92 Å². The van der Waals surface area contributed by atoms with Gasteiger partial charge >= 0.3 is 5.69 Å². The number of carboxylic acid groups (broad SMARTS) is 1. The lowest BCUT2D eigenvalue weighted by atomic mass is 10.0. The fourth-order valence-corrected chi connectivity index (χ4v) is 2.93. The van der Waals surface area contributed by atoms with Gasteiger partial charge in [-0.1, -0.05) is 17.7 Å². The molecule has 1 saturated heterocycles. The second-order valence-corrected chi connectivity index (χ2v) is 6.21. The van der Waals surface area contributed by atoms with Gasteiger partial charge in [-0.25, -0.2) is 9.89 Å². The van der Waals surface area contributed by atoms with Crippen molar-refractivity contribution in [3.05, 3.63) is 45.1 Å². The van der Waals surface area contributed by atoms with Gasteiger partial charge in [-0.05, 0) is 37.5 Å². The second-order valence-electron chi connectivity index (χ2n) is 5.81. The Morgan fingerprint density at radius 3 is 2.68 bits per heavy atom. The number of aryl methyl sites for hydroxylation is 1. The summed E-state index contributed by atoms with van der Waals surface area (Å²) in [4.78, 5) is 24.3. The molecular formula is C16H22ClN5O3. The van der Waals surface area contributed by atoms with Crippen LogP contribution in [0.3, 0.4) is 0 Å². The van der Waals surface area contributed by atoms with Gasteiger partial charge in [0.2, 0.25) is 0 Å². The Kier molecular flexibility index (Phi) is 7.03. The van der Waals surface area contributed by atoms with Gasteiger partial charge in [-0.2, -0.15) is 5.10 Å². The first-order valence-corrected chi connectivity index (χ1v) is 8.37. The Balaban J connectivity index is 0.000000701. The third kappa shape index (κ3) is 5.61. The molecule has 136 valence electrons. The number of carbonyl (C=O) groups is 1. The number of H-pyrrole nitrogens is 2. The van der Waals surface area contributed by atoms with Crippen LogP contribution in [-0.4, -0.2) is 45.9 Å². The van der Waals surface area contributed by atoms with Crippen molar-refractivity contribution in [2.45, 2.75) is 32.4 Å². The van der Waals surface area contributed by atoms with E-state index in [-0.39, 0.29) is 12.2 Å². The molecule has 0 bridgehead atoms. The molecule has 0 radical (unpaired) electrons. The molecule has 1 aromatic heterocycles. The molecule has 0 unspecified atom stereocenters. The molecule has 0 amide bonds. The topological polar surface area (TPSA) is 114 Å². The zero-order valence-electron chi connectivity index (χ0n) is 14.0. The highest BCUT2D eigenvalue weighted by molar-refractivity contribution is 6.31. The Morgan fingerprint density at radius 2 is 2.12 bits per heavy atom. The average Bonchev–Trinajstić information content (AvgIpc) is 3.02. The number of hydrogen-bond acceptors (Lipinski definition) is 5. The maximum Gasteiger partial charge on any atom is 0.340 e. The van der Waals surface area contributed by atoms with Gasteiger partial charge in [-0.3, -0.25) is 9.78 Å². The molecule has 4 N–H and O–H groups in total. The van der Waals surface area contributed by atoms with Crippen LogP contribution < -0.4 is 15.9 Å². The van der Waals surface area contributed by atoms with E-state index in [4.69, 9.17) is 21.5 Å². The zero-order valence-corrected chi connectivity index (χ0v) is 14.7. The van der Waals surface area contributed by atoms with E-state index in [9.17, 15) is 4.79 Å². The summed E-state index contributed by atoms with van der Waals surface area (Å²) in [6.45, 7) is 4.34. The molecule has 8 nitrogen and oxygen atoms in total. The van der Waals surface area contributed by atoms with Crippen molar-refractivity contribution in [2.75, 3.05) is 18.0 Å². The highest BCUT2D eigenvalue weighted by Crippen LogP contribution is 2.25. The standard InChI is InChI=1S/C15H20ClN5O.CH2O2/c1-10-2-3-12(8-13(10)16)21-6-4-11(5-7-21)17-9-14-18-15(22)20-19-14;2-1-3/h2-3,8,11,17H,4-7,9H2,1H3,(H2,18,19,20,22);1H,(H,2,3). The summed E-state index contributed by atoms with van der Waals surface area (Å²) in [7, 11) is 0. The number of aromatic nitrogens is 3. The fraction of sp³-hybridized carbons (Fsp3) is 0.438. The molecule has 25 heavy (non-hydrogen) atoms. The summed E-state index contributed by atoms with van der Waals surface area (Å²) in [5, 5.41) is 17.4. The fourth-order valence-electron chi connectivity index (χ4n) is 2.75. The number of aromatic amines is 2. The normalized spacial score (nSPS) is 14.7. The van der Waals surface area contributed by atoms with Crippen molar-refractivity contribution in [2.24, 2.45) is 0 Å². The zero-order chi connectivity index (χ0) is 18.2. The minimum atomic E-state index is -0.261. The molecule has 1 aliphatic rings. The van der Waals surface area contributed by atoms with E-state index in [1.54, 1.807) is 0 Å². The van der Waals surface area contributed by atoms with Gasteiger partial charge in [-0.15, -0.1) is 0 Å². The number of benzene rings is 1. The van der Waals surface area contributed by atoms with E-state index < -0.39 is 0 Å². The van der Waals surface area contributed by atoms with Crippen LogP contribution in [0.2, 0.25) is 5.02 Å². The van der Waals surface area contributed by atoms with Crippen LogP contribution in [0.25, 0.3) is 0 Å². The lowest BCUT2D eigenvalue weighted by molar-refractivity contribution is -0.122. The number of halogens is 1. The number of hydrogen-bond donors (Lipinski definition) is 4. The largest absolute Gasteiger partial charge is 0.483 e. The van der Waals surface area contributed by atoms with E-state index in [0.29, 0.717) is 18.4 Å². The molecule has 0 spiro atoms. The summed E-state index contributed by atoms with van der Waals surface area (Å²) in [5.41, 5.74) is 2.03. The van der Waals surface area contributed by atoms with E-state index in [1.807, 2.05) is 13.0 Å². The Bertz CT molecular complexity index is 737. The summed E-state index contributed by atoms with van der Waals surface area (Å²) in [6.07, 6.45) is 2.11. The molecule has 1 fully saturated rings. The maximum atomic E-state index is 11.0. The van der Waals surface area contributed by atoms with Gasteiger partial charge in [0.25, 0.3) is 6.47 Å². The number of rotatable bonds is 4. The predicted octanol–water partition coefficient (Wildman–Crippen LogP) is 1.52. The molecule has 3 rings (SSSR count). The monoisotopic (exact) mass is 367 g/mol. The van der Waals surface area contributed by atoms with Crippen molar-refractivity contribution in [3.8, 4) is 0 Å². The Hall–Kier alpha value is -2.32. The van der Waals surface area contributed by atoms with Gasteiger partial charge in [0, 0.05) is 29.8 Å². The minimum Gasteiger partial charge on any atom is -0.483 e. The van der Waals surface area contributed by atoms with Gasteiger partial charge in [0.1, 0.15) is 5.82 Å².